The minimum absolute atomic E-state index is 0.0965. The second-order valence-corrected chi connectivity index (χ2v) is 8.26. The molecule has 0 aliphatic carbocycles. The largest absolute Gasteiger partial charge is 0.493 e. The van der Waals surface area contributed by atoms with Gasteiger partial charge in [0.1, 0.15) is 29.5 Å². The average molecular weight is 445 g/mol. The van der Waals surface area contributed by atoms with E-state index in [-0.39, 0.29) is 6.04 Å². The molecule has 2 aromatic heterocycles. The van der Waals surface area contributed by atoms with E-state index in [1.54, 1.807) is 0 Å². The zero-order chi connectivity index (χ0) is 22.8. The molecule has 1 unspecified atom stereocenters. The second kappa shape index (κ2) is 8.97. The van der Waals surface area contributed by atoms with Gasteiger partial charge < -0.3 is 24.4 Å². The molecule has 170 valence electrons. The van der Waals surface area contributed by atoms with Gasteiger partial charge in [0.25, 0.3) is 0 Å². The number of guanidine groups is 1. The summed E-state index contributed by atoms with van der Waals surface area (Å²) in [6.45, 7) is 5.61. The molecule has 1 aliphatic rings. The van der Waals surface area contributed by atoms with Crippen LogP contribution in [0.4, 0.5) is 0 Å². The molecule has 0 amide bonds. The van der Waals surface area contributed by atoms with Crippen LogP contribution in [0.25, 0.3) is 11.0 Å². The smallest absolute Gasteiger partial charge is 0.192 e. The lowest BCUT2D eigenvalue weighted by molar-refractivity contribution is 0.261. The maximum absolute atomic E-state index is 6.09. The molecular formula is C25H28N6O2. The molecule has 5 rings (SSSR count). The number of ether oxygens (including phenoxy) is 1. The first-order chi connectivity index (χ1) is 16.1. The second-order valence-electron chi connectivity index (χ2n) is 8.26. The van der Waals surface area contributed by atoms with Crippen molar-refractivity contribution < 1.29 is 9.15 Å². The van der Waals surface area contributed by atoms with Crippen molar-refractivity contribution in [3.63, 3.8) is 0 Å². The molecule has 2 N–H and O–H groups in total. The number of fused-ring (bicyclic) bond motifs is 2. The minimum Gasteiger partial charge on any atom is -0.493 e. The van der Waals surface area contributed by atoms with Crippen LogP contribution in [0.2, 0.25) is 0 Å². The van der Waals surface area contributed by atoms with Crippen LogP contribution in [-0.2, 0) is 20.1 Å². The number of hydrogen-bond acceptors (Lipinski definition) is 5. The summed E-state index contributed by atoms with van der Waals surface area (Å²) in [6, 6.07) is 16.3. The highest BCUT2D eigenvalue weighted by Crippen LogP contribution is 2.31. The van der Waals surface area contributed by atoms with Gasteiger partial charge in [-0.05, 0) is 26.0 Å². The van der Waals surface area contributed by atoms with Gasteiger partial charge in [-0.1, -0.05) is 36.4 Å². The quantitative estimate of drug-likeness (QED) is 0.358. The summed E-state index contributed by atoms with van der Waals surface area (Å²) in [4.78, 5) is 4.82. The summed E-state index contributed by atoms with van der Waals surface area (Å²) in [6.07, 6.45) is 0.852. The summed E-state index contributed by atoms with van der Waals surface area (Å²) >= 11 is 0. The number of furan rings is 1. The van der Waals surface area contributed by atoms with Gasteiger partial charge >= 0.3 is 0 Å². The number of aliphatic imine (C=N–C) groups is 1. The third-order valence-electron chi connectivity index (χ3n) is 6.19. The first kappa shape index (κ1) is 21.1. The van der Waals surface area contributed by atoms with Crippen LogP contribution in [0.1, 0.15) is 41.0 Å². The molecule has 0 fully saturated rings. The fourth-order valence-electron chi connectivity index (χ4n) is 4.11. The summed E-state index contributed by atoms with van der Waals surface area (Å²) < 4.78 is 13.9. The third kappa shape index (κ3) is 4.28. The molecule has 0 saturated carbocycles. The Morgan fingerprint density at radius 2 is 1.94 bits per heavy atom. The molecule has 33 heavy (non-hydrogen) atoms. The predicted molar refractivity (Wildman–Crippen MR) is 127 cm³/mol. The number of rotatable bonds is 5. The third-order valence-corrected chi connectivity index (χ3v) is 6.19. The lowest BCUT2D eigenvalue weighted by atomic mass is 10.0. The van der Waals surface area contributed by atoms with E-state index in [0.717, 1.165) is 51.7 Å². The van der Waals surface area contributed by atoms with Crippen LogP contribution in [-0.4, -0.2) is 27.3 Å². The molecule has 8 nitrogen and oxygen atoms in total. The van der Waals surface area contributed by atoms with Crippen molar-refractivity contribution in [2.24, 2.45) is 12.0 Å². The molecule has 0 spiro atoms. The fourth-order valence-corrected chi connectivity index (χ4v) is 4.11. The van der Waals surface area contributed by atoms with Gasteiger partial charge in [0.15, 0.2) is 11.8 Å². The standard InChI is InChI=1S/C25H28N6O2/c1-16-18-8-4-7-11-22(18)33-23(16)14-26-25(27-15-24-30-29-17(2)31(24)3)28-20-12-13-32-21-10-6-5-9-19(20)21/h4-11,20H,12-15H2,1-3H3,(H2,26,27,28). The molecule has 0 bridgehead atoms. The van der Waals surface area contributed by atoms with Crippen LogP contribution in [0.5, 0.6) is 5.75 Å². The van der Waals surface area contributed by atoms with Crippen molar-refractivity contribution in [2.45, 2.75) is 39.4 Å². The van der Waals surface area contributed by atoms with Gasteiger partial charge in [-0.25, -0.2) is 4.99 Å². The number of aromatic nitrogens is 3. The lowest BCUT2D eigenvalue weighted by Crippen LogP contribution is -2.41. The van der Waals surface area contributed by atoms with Crippen molar-refractivity contribution in [2.75, 3.05) is 6.61 Å². The fraction of sp³-hybridized carbons (Fsp3) is 0.320. The van der Waals surface area contributed by atoms with E-state index in [0.29, 0.717) is 25.7 Å². The Labute approximate surface area is 192 Å². The zero-order valence-electron chi connectivity index (χ0n) is 19.1. The Hall–Kier alpha value is -3.81. The summed E-state index contributed by atoms with van der Waals surface area (Å²) in [5, 5.41) is 16.6. The Morgan fingerprint density at radius 3 is 2.76 bits per heavy atom. The van der Waals surface area contributed by atoms with Crippen LogP contribution < -0.4 is 15.4 Å². The SMILES string of the molecule is Cc1c(CNC(=NCc2nnc(C)n2C)NC2CCOc3ccccc32)oc2ccccc12. The number of nitrogens with one attached hydrogen (secondary N) is 2. The number of aryl methyl sites for hydroxylation is 2. The topological polar surface area (TPSA) is 89.5 Å². The van der Waals surface area contributed by atoms with Crippen LogP contribution in [0.3, 0.4) is 0 Å². The highest BCUT2D eigenvalue weighted by atomic mass is 16.5. The van der Waals surface area contributed by atoms with Crippen molar-refractivity contribution in [1.29, 1.82) is 0 Å². The number of para-hydroxylation sites is 2. The molecule has 1 atom stereocenters. The summed E-state index contributed by atoms with van der Waals surface area (Å²) in [5.74, 6) is 4.17. The molecule has 4 aromatic rings. The van der Waals surface area contributed by atoms with E-state index in [2.05, 4.69) is 39.9 Å². The number of nitrogens with zero attached hydrogens (tertiary/aromatic N) is 4. The monoisotopic (exact) mass is 444 g/mol. The van der Waals surface area contributed by atoms with Gasteiger partial charge in [-0.15, -0.1) is 10.2 Å². The van der Waals surface area contributed by atoms with Crippen LogP contribution in [0, 0.1) is 13.8 Å². The van der Waals surface area contributed by atoms with Gasteiger partial charge in [0.2, 0.25) is 0 Å². The highest BCUT2D eigenvalue weighted by Gasteiger charge is 2.22. The Morgan fingerprint density at radius 1 is 1.12 bits per heavy atom. The molecule has 0 radical (unpaired) electrons. The molecule has 8 heteroatoms. The van der Waals surface area contributed by atoms with Crippen LogP contribution >= 0.6 is 0 Å². The molecule has 3 heterocycles. The van der Waals surface area contributed by atoms with Crippen molar-refractivity contribution >= 4 is 16.9 Å². The number of benzene rings is 2. The molecule has 0 saturated heterocycles. The zero-order valence-corrected chi connectivity index (χ0v) is 19.1. The van der Waals surface area contributed by atoms with Crippen molar-refractivity contribution in [3.05, 3.63) is 77.1 Å². The Bertz CT molecular complexity index is 1310. The highest BCUT2D eigenvalue weighted by molar-refractivity contribution is 5.83. The maximum atomic E-state index is 6.09. The Balaban J connectivity index is 1.39. The van der Waals surface area contributed by atoms with Gasteiger partial charge in [0.05, 0.1) is 19.2 Å². The Kier molecular flexibility index (Phi) is 5.73. The van der Waals surface area contributed by atoms with E-state index >= 15 is 0 Å². The average Bonchev–Trinajstić information content (AvgIpc) is 3.34. The van der Waals surface area contributed by atoms with E-state index in [1.165, 1.54) is 0 Å². The van der Waals surface area contributed by atoms with Crippen molar-refractivity contribution in [3.8, 4) is 5.75 Å². The molecule has 1 aliphatic heterocycles. The van der Waals surface area contributed by atoms with Gasteiger partial charge in [-0.2, -0.15) is 0 Å². The molecular weight excluding hydrogens is 416 g/mol. The van der Waals surface area contributed by atoms with Gasteiger partial charge in [0, 0.05) is 30.0 Å². The van der Waals surface area contributed by atoms with Gasteiger partial charge in [-0.3, -0.25) is 0 Å². The van der Waals surface area contributed by atoms with Crippen LogP contribution in [0.15, 0.2) is 57.9 Å². The summed E-state index contributed by atoms with van der Waals surface area (Å²) in [5.41, 5.74) is 3.16. The maximum Gasteiger partial charge on any atom is 0.192 e. The lowest BCUT2D eigenvalue weighted by Gasteiger charge is -2.28. The van der Waals surface area contributed by atoms with Crippen molar-refractivity contribution in [1.82, 2.24) is 25.4 Å². The first-order valence-corrected chi connectivity index (χ1v) is 11.2. The van der Waals surface area contributed by atoms with E-state index in [4.69, 9.17) is 14.1 Å². The summed E-state index contributed by atoms with van der Waals surface area (Å²) in [7, 11) is 1.95. The normalized spacial score (nSPS) is 15.8. The minimum atomic E-state index is 0.0965. The predicted octanol–water partition coefficient (Wildman–Crippen LogP) is 3.94. The van der Waals surface area contributed by atoms with E-state index in [1.807, 2.05) is 54.9 Å². The van der Waals surface area contributed by atoms with E-state index < -0.39 is 0 Å². The molecule has 2 aromatic carbocycles. The van der Waals surface area contributed by atoms with E-state index in [9.17, 15) is 0 Å². The number of hydrogen-bond donors (Lipinski definition) is 2. The first-order valence-electron chi connectivity index (χ1n) is 11.2.